The van der Waals surface area contributed by atoms with Crippen LogP contribution in [0, 0.1) is 6.92 Å². The molecule has 2 heterocycles. The molecule has 2 N–H and O–H groups in total. The van der Waals surface area contributed by atoms with Crippen LogP contribution in [-0.4, -0.2) is 30.2 Å². The molecule has 0 spiro atoms. The van der Waals surface area contributed by atoms with E-state index in [9.17, 15) is 9.59 Å². The molecule has 1 aliphatic rings. The average Bonchev–Trinajstić information content (AvgIpc) is 2.71. The maximum absolute atomic E-state index is 11.7. The summed E-state index contributed by atoms with van der Waals surface area (Å²) in [7, 11) is 0. The Balaban J connectivity index is 2.09. The first-order valence-electron chi connectivity index (χ1n) is 5.17. The van der Waals surface area contributed by atoms with Crippen molar-refractivity contribution in [2.45, 2.75) is 6.92 Å². The van der Waals surface area contributed by atoms with Crippen molar-refractivity contribution in [3.63, 3.8) is 0 Å². The summed E-state index contributed by atoms with van der Waals surface area (Å²) in [4.78, 5) is 22.8. The van der Waals surface area contributed by atoms with Gasteiger partial charge in [-0.25, -0.2) is 4.79 Å². The zero-order chi connectivity index (χ0) is 13.1. The van der Waals surface area contributed by atoms with Gasteiger partial charge in [-0.05, 0) is 18.6 Å². The van der Waals surface area contributed by atoms with Crippen LogP contribution in [-0.2, 0) is 14.3 Å². The fourth-order valence-electron chi connectivity index (χ4n) is 1.42. The molecule has 0 saturated carbocycles. The van der Waals surface area contributed by atoms with E-state index < -0.39 is 11.9 Å². The summed E-state index contributed by atoms with van der Waals surface area (Å²) in [6, 6.07) is 1.61. The highest BCUT2D eigenvalue weighted by atomic mass is 32.1. The van der Waals surface area contributed by atoms with Gasteiger partial charge in [-0.15, -0.1) is 11.3 Å². The summed E-state index contributed by atoms with van der Waals surface area (Å²) in [5, 5.41) is 11.9. The van der Waals surface area contributed by atoms with Crippen molar-refractivity contribution in [3.05, 3.63) is 28.5 Å². The Bertz CT molecular complexity index is 520. The molecule has 0 bridgehead atoms. The highest BCUT2D eigenvalue weighted by Crippen LogP contribution is 2.27. The number of carbonyl (C=O) groups is 2. The standard InChI is InChI=1S/C11H11NO5S/c1-6-4-8(18-9(6)11(14)15)12-10(13)7-5-16-2-3-17-7/h4-5H,2-3H2,1H3,(H,12,13)(H,14,15). The molecule has 0 saturated heterocycles. The van der Waals surface area contributed by atoms with E-state index in [0.717, 1.165) is 11.3 Å². The summed E-state index contributed by atoms with van der Waals surface area (Å²) < 4.78 is 10.1. The predicted molar refractivity (Wildman–Crippen MR) is 64.6 cm³/mol. The number of aromatic carboxylic acids is 1. The molecule has 0 unspecified atom stereocenters. The topological polar surface area (TPSA) is 84.9 Å². The summed E-state index contributed by atoms with van der Waals surface area (Å²) in [5.74, 6) is -1.37. The number of anilines is 1. The summed E-state index contributed by atoms with van der Waals surface area (Å²) in [6.45, 7) is 2.41. The molecule has 1 aromatic heterocycles. The van der Waals surface area contributed by atoms with Crippen LogP contribution in [0.4, 0.5) is 5.00 Å². The van der Waals surface area contributed by atoms with E-state index in [-0.39, 0.29) is 10.6 Å². The molecule has 1 aliphatic heterocycles. The van der Waals surface area contributed by atoms with Crippen molar-refractivity contribution in [3.8, 4) is 0 Å². The number of amides is 1. The van der Waals surface area contributed by atoms with Gasteiger partial charge in [-0.3, -0.25) is 4.79 Å². The Kier molecular flexibility index (Phi) is 3.52. The van der Waals surface area contributed by atoms with Crippen LogP contribution in [0.15, 0.2) is 18.1 Å². The second kappa shape index (κ2) is 5.09. The molecule has 1 aromatic rings. The highest BCUT2D eigenvalue weighted by Gasteiger charge is 2.18. The highest BCUT2D eigenvalue weighted by molar-refractivity contribution is 7.18. The lowest BCUT2D eigenvalue weighted by atomic mass is 10.3. The number of carboxylic acid groups (broad SMARTS) is 1. The summed E-state index contributed by atoms with van der Waals surface area (Å²) in [6.07, 6.45) is 1.25. The lowest BCUT2D eigenvalue weighted by Gasteiger charge is -2.14. The van der Waals surface area contributed by atoms with Crippen molar-refractivity contribution in [1.29, 1.82) is 0 Å². The Morgan fingerprint density at radius 2 is 2.22 bits per heavy atom. The minimum atomic E-state index is -1.01. The lowest BCUT2D eigenvalue weighted by molar-refractivity contribution is -0.117. The zero-order valence-corrected chi connectivity index (χ0v) is 10.4. The van der Waals surface area contributed by atoms with Crippen LogP contribution in [0.1, 0.15) is 15.2 Å². The van der Waals surface area contributed by atoms with E-state index in [1.807, 2.05) is 0 Å². The lowest BCUT2D eigenvalue weighted by Crippen LogP contribution is -2.20. The monoisotopic (exact) mass is 269 g/mol. The van der Waals surface area contributed by atoms with Crippen molar-refractivity contribution in [2.75, 3.05) is 18.5 Å². The van der Waals surface area contributed by atoms with Gasteiger partial charge in [0.25, 0.3) is 5.91 Å². The van der Waals surface area contributed by atoms with Gasteiger partial charge in [0.2, 0.25) is 5.76 Å². The normalized spacial score (nSPS) is 14.2. The maximum Gasteiger partial charge on any atom is 0.346 e. The number of rotatable bonds is 3. The quantitative estimate of drug-likeness (QED) is 0.870. The number of hydrogen-bond acceptors (Lipinski definition) is 5. The molecule has 18 heavy (non-hydrogen) atoms. The number of aryl methyl sites for hydroxylation is 1. The third-order valence-electron chi connectivity index (χ3n) is 2.22. The van der Waals surface area contributed by atoms with Crippen LogP contribution in [0.25, 0.3) is 0 Å². The molecule has 0 aromatic carbocycles. The van der Waals surface area contributed by atoms with E-state index in [1.165, 1.54) is 6.26 Å². The fraction of sp³-hybridized carbons (Fsp3) is 0.273. The number of ether oxygens (including phenoxy) is 2. The first-order valence-corrected chi connectivity index (χ1v) is 5.99. The van der Waals surface area contributed by atoms with Crippen LogP contribution in [0.5, 0.6) is 0 Å². The van der Waals surface area contributed by atoms with Gasteiger partial charge in [0.1, 0.15) is 24.4 Å². The SMILES string of the molecule is Cc1cc(NC(=O)C2=COCCO2)sc1C(=O)O. The molecule has 96 valence electrons. The minimum Gasteiger partial charge on any atom is -0.494 e. The van der Waals surface area contributed by atoms with E-state index in [2.05, 4.69) is 5.32 Å². The molecule has 2 rings (SSSR count). The van der Waals surface area contributed by atoms with Crippen molar-refractivity contribution >= 4 is 28.2 Å². The van der Waals surface area contributed by atoms with Crippen LogP contribution >= 0.6 is 11.3 Å². The van der Waals surface area contributed by atoms with Crippen molar-refractivity contribution in [2.24, 2.45) is 0 Å². The van der Waals surface area contributed by atoms with Gasteiger partial charge in [-0.1, -0.05) is 0 Å². The van der Waals surface area contributed by atoms with Gasteiger partial charge >= 0.3 is 5.97 Å². The molecule has 0 radical (unpaired) electrons. The molecule has 1 amide bonds. The number of thiophene rings is 1. The smallest absolute Gasteiger partial charge is 0.346 e. The van der Waals surface area contributed by atoms with Crippen LogP contribution < -0.4 is 5.32 Å². The summed E-state index contributed by atoms with van der Waals surface area (Å²) in [5.41, 5.74) is 0.609. The number of nitrogens with one attached hydrogen (secondary N) is 1. The molecule has 6 nitrogen and oxygen atoms in total. The molecular weight excluding hydrogens is 258 g/mol. The first kappa shape index (κ1) is 12.4. The molecule has 0 fully saturated rings. The van der Waals surface area contributed by atoms with E-state index in [4.69, 9.17) is 14.6 Å². The molecule has 0 atom stereocenters. The van der Waals surface area contributed by atoms with Crippen LogP contribution in [0.3, 0.4) is 0 Å². The molecule has 7 heteroatoms. The largest absolute Gasteiger partial charge is 0.494 e. The third kappa shape index (κ3) is 2.62. The molecular formula is C11H11NO5S. The molecule has 0 aliphatic carbocycles. The third-order valence-corrected chi connectivity index (χ3v) is 3.36. The zero-order valence-electron chi connectivity index (χ0n) is 9.56. The number of carbonyl (C=O) groups excluding carboxylic acids is 1. The van der Waals surface area contributed by atoms with Crippen molar-refractivity contribution in [1.82, 2.24) is 0 Å². The second-order valence-corrected chi connectivity index (χ2v) is 4.64. The Hall–Kier alpha value is -2.02. The fourth-order valence-corrected chi connectivity index (χ4v) is 2.32. The summed E-state index contributed by atoms with van der Waals surface area (Å²) >= 11 is 1.00. The Morgan fingerprint density at radius 1 is 1.44 bits per heavy atom. The van der Waals surface area contributed by atoms with E-state index >= 15 is 0 Å². The van der Waals surface area contributed by atoms with Crippen LogP contribution in [0.2, 0.25) is 0 Å². The van der Waals surface area contributed by atoms with Gasteiger partial charge in [0.05, 0.1) is 5.00 Å². The number of carboxylic acids is 1. The second-order valence-electron chi connectivity index (χ2n) is 3.58. The van der Waals surface area contributed by atoms with Crippen molar-refractivity contribution < 1.29 is 24.2 Å². The van der Waals surface area contributed by atoms with Gasteiger partial charge in [-0.2, -0.15) is 0 Å². The number of hydrogen-bond donors (Lipinski definition) is 2. The maximum atomic E-state index is 11.7. The van der Waals surface area contributed by atoms with Gasteiger partial charge in [0.15, 0.2) is 0 Å². The van der Waals surface area contributed by atoms with Gasteiger partial charge in [0, 0.05) is 0 Å². The Morgan fingerprint density at radius 3 is 2.78 bits per heavy atom. The van der Waals surface area contributed by atoms with E-state index in [0.29, 0.717) is 23.8 Å². The Labute approximate surface area is 107 Å². The first-order chi connectivity index (χ1) is 8.58. The van der Waals surface area contributed by atoms with E-state index in [1.54, 1.807) is 13.0 Å². The predicted octanol–water partition coefficient (Wildman–Crippen LogP) is 1.58. The van der Waals surface area contributed by atoms with Gasteiger partial charge < -0.3 is 19.9 Å². The minimum absolute atomic E-state index is 0.0872. The average molecular weight is 269 g/mol.